The first-order valence-electron chi connectivity index (χ1n) is 8.67. The Hall–Kier alpha value is -1.63. The third-order valence-corrected chi connectivity index (χ3v) is 4.62. The summed E-state index contributed by atoms with van der Waals surface area (Å²) >= 11 is 0. The fraction of sp³-hybridized carbons (Fsp3) is 0.611. The monoisotopic (exact) mass is 334 g/mol. The number of para-hydroxylation sites is 1. The van der Waals surface area contributed by atoms with Crippen LogP contribution in [-0.4, -0.2) is 79.5 Å². The largest absolute Gasteiger partial charge is 0.491 e. The zero-order chi connectivity index (χ0) is 16.8. The minimum absolute atomic E-state index is 0.0430. The number of amides is 1. The molecule has 132 valence electrons. The maximum absolute atomic E-state index is 12.3. The molecule has 24 heavy (non-hydrogen) atoms. The summed E-state index contributed by atoms with van der Waals surface area (Å²) in [7, 11) is 0. The van der Waals surface area contributed by atoms with E-state index < -0.39 is 6.10 Å². The van der Waals surface area contributed by atoms with E-state index >= 15 is 0 Å². The second-order valence-corrected chi connectivity index (χ2v) is 6.46. The van der Waals surface area contributed by atoms with Gasteiger partial charge in [-0.1, -0.05) is 18.2 Å². The number of rotatable bonds is 6. The Morgan fingerprint density at radius 2 is 2.00 bits per heavy atom. The number of β-amino-alcohol motifs (C(OH)–C–C–N with tert-alkyl or cyclic N) is 1. The molecule has 2 saturated heterocycles. The van der Waals surface area contributed by atoms with Gasteiger partial charge in [-0.3, -0.25) is 9.69 Å². The maximum Gasteiger partial charge on any atom is 0.228 e. The Morgan fingerprint density at radius 1 is 1.25 bits per heavy atom. The van der Waals surface area contributed by atoms with Crippen LogP contribution in [0.3, 0.4) is 0 Å². The molecule has 3 rings (SSSR count). The van der Waals surface area contributed by atoms with Crippen LogP contribution >= 0.6 is 0 Å². The number of aliphatic hydroxyl groups excluding tert-OH is 1. The van der Waals surface area contributed by atoms with Crippen molar-refractivity contribution in [3.05, 3.63) is 30.3 Å². The lowest BCUT2D eigenvalue weighted by molar-refractivity contribution is -0.137. The van der Waals surface area contributed by atoms with Gasteiger partial charge in [0.05, 0.1) is 12.5 Å². The summed E-state index contributed by atoms with van der Waals surface area (Å²) in [5.41, 5.74) is 0. The van der Waals surface area contributed by atoms with Crippen LogP contribution in [-0.2, 0) is 9.53 Å². The molecule has 2 aliphatic heterocycles. The van der Waals surface area contributed by atoms with E-state index in [1.165, 1.54) is 0 Å². The Bertz CT molecular complexity index is 511. The van der Waals surface area contributed by atoms with E-state index in [1.807, 2.05) is 35.2 Å². The van der Waals surface area contributed by atoms with E-state index in [9.17, 15) is 9.90 Å². The van der Waals surface area contributed by atoms with Gasteiger partial charge in [0.1, 0.15) is 18.5 Å². The first kappa shape index (κ1) is 17.2. The zero-order valence-electron chi connectivity index (χ0n) is 14.0. The molecule has 0 bridgehead atoms. The third kappa shape index (κ3) is 4.69. The van der Waals surface area contributed by atoms with Crippen molar-refractivity contribution < 1.29 is 19.4 Å². The van der Waals surface area contributed by atoms with E-state index in [1.54, 1.807) is 0 Å². The Labute approximate surface area is 143 Å². The predicted molar refractivity (Wildman–Crippen MR) is 89.9 cm³/mol. The highest BCUT2D eigenvalue weighted by molar-refractivity contribution is 5.79. The normalized spacial score (nSPS) is 23.2. The summed E-state index contributed by atoms with van der Waals surface area (Å²) in [5.74, 6) is 1.03. The molecule has 0 aromatic heterocycles. The van der Waals surface area contributed by atoms with Crippen molar-refractivity contribution in [3.63, 3.8) is 0 Å². The average molecular weight is 334 g/mol. The van der Waals surface area contributed by atoms with E-state index in [2.05, 4.69) is 4.90 Å². The molecule has 6 heteroatoms. The molecular weight excluding hydrogens is 308 g/mol. The Kier molecular flexibility index (Phi) is 6.07. The van der Waals surface area contributed by atoms with Crippen molar-refractivity contribution in [2.45, 2.75) is 12.5 Å². The van der Waals surface area contributed by atoms with E-state index in [-0.39, 0.29) is 18.4 Å². The topological polar surface area (TPSA) is 62.2 Å². The second kappa shape index (κ2) is 8.46. The van der Waals surface area contributed by atoms with Gasteiger partial charge in [-0.2, -0.15) is 0 Å². The van der Waals surface area contributed by atoms with Crippen LogP contribution in [0.4, 0.5) is 0 Å². The molecule has 0 saturated carbocycles. The van der Waals surface area contributed by atoms with Gasteiger partial charge >= 0.3 is 0 Å². The van der Waals surface area contributed by atoms with Crippen LogP contribution in [0.25, 0.3) is 0 Å². The molecule has 2 fully saturated rings. The molecular formula is C18H26N2O4. The number of ether oxygens (including phenoxy) is 2. The van der Waals surface area contributed by atoms with Crippen molar-refractivity contribution >= 4 is 5.91 Å². The molecule has 2 heterocycles. The van der Waals surface area contributed by atoms with Gasteiger partial charge in [0.15, 0.2) is 0 Å². The van der Waals surface area contributed by atoms with Crippen LogP contribution in [0, 0.1) is 5.92 Å². The molecule has 0 radical (unpaired) electrons. The number of benzene rings is 1. The van der Waals surface area contributed by atoms with Crippen LogP contribution < -0.4 is 4.74 Å². The van der Waals surface area contributed by atoms with Crippen molar-refractivity contribution in [1.29, 1.82) is 0 Å². The molecule has 2 atom stereocenters. The van der Waals surface area contributed by atoms with Gasteiger partial charge in [0, 0.05) is 39.3 Å². The van der Waals surface area contributed by atoms with E-state index in [0.29, 0.717) is 19.8 Å². The lowest BCUT2D eigenvalue weighted by Gasteiger charge is -2.36. The summed E-state index contributed by atoms with van der Waals surface area (Å²) in [6, 6.07) is 9.51. The van der Waals surface area contributed by atoms with Crippen LogP contribution in [0.5, 0.6) is 5.75 Å². The van der Waals surface area contributed by atoms with Crippen molar-refractivity contribution in [1.82, 2.24) is 9.80 Å². The van der Waals surface area contributed by atoms with Crippen molar-refractivity contribution in [2.24, 2.45) is 5.92 Å². The number of carbonyl (C=O) groups is 1. The van der Waals surface area contributed by atoms with E-state index in [0.717, 1.165) is 38.3 Å². The fourth-order valence-corrected chi connectivity index (χ4v) is 3.20. The zero-order valence-corrected chi connectivity index (χ0v) is 14.0. The summed E-state index contributed by atoms with van der Waals surface area (Å²) < 4.78 is 10.9. The number of hydrogen-bond acceptors (Lipinski definition) is 5. The van der Waals surface area contributed by atoms with Gasteiger partial charge in [-0.15, -0.1) is 0 Å². The van der Waals surface area contributed by atoms with E-state index in [4.69, 9.17) is 9.47 Å². The lowest BCUT2D eigenvalue weighted by atomic mass is 10.1. The van der Waals surface area contributed by atoms with Gasteiger partial charge in [-0.05, 0) is 18.6 Å². The highest BCUT2D eigenvalue weighted by atomic mass is 16.5. The van der Waals surface area contributed by atoms with Crippen molar-refractivity contribution in [3.8, 4) is 5.75 Å². The minimum Gasteiger partial charge on any atom is -0.491 e. The van der Waals surface area contributed by atoms with Gasteiger partial charge in [0.2, 0.25) is 5.91 Å². The lowest BCUT2D eigenvalue weighted by Crippen LogP contribution is -2.52. The average Bonchev–Trinajstić information content (AvgIpc) is 3.16. The minimum atomic E-state index is -0.532. The quantitative estimate of drug-likeness (QED) is 0.826. The fourth-order valence-electron chi connectivity index (χ4n) is 3.20. The summed E-state index contributed by atoms with van der Waals surface area (Å²) in [4.78, 5) is 16.5. The van der Waals surface area contributed by atoms with Crippen LogP contribution in [0.2, 0.25) is 0 Å². The van der Waals surface area contributed by atoms with Gasteiger partial charge in [-0.25, -0.2) is 0 Å². The molecule has 1 aromatic rings. The number of nitrogens with zero attached hydrogens (tertiary/aromatic N) is 2. The summed E-state index contributed by atoms with van der Waals surface area (Å²) in [6.45, 7) is 5.15. The molecule has 1 aromatic carbocycles. The Morgan fingerprint density at radius 3 is 2.67 bits per heavy atom. The first-order chi connectivity index (χ1) is 11.7. The van der Waals surface area contributed by atoms with Crippen LogP contribution in [0.1, 0.15) is 6.42 Å². The van der Waals surface area contributed by atoms with Crippen LogP contribution in [0.15, 0.2) is 30.3 Å². The Balaban J connectivity index is 1.36. The molecule has 1 amide bonds. The third-order valence-electron chi connectivity index (χ3n) is 4.62. The SMILES string of the molecule is O=C([C@H]1CCOC1)N1CCN(C[C@H](O)COc2ccccc2)CC1. The first-order valence-corrected chi connectivity index (χ1v) is 8.67. The highest BCUT2D eigenvalue weighted by Gasteiger charge is 2.30. The smallest absolute Gasteiger partial charge is 0.228 e. The van der Waals surface area contributed by atoms with Gasteiger partial charge in [0.25, 0.3) is 0 Å². The molecule has 1 N–H and O–H groups in total. The number of carbonyl (C=O) groups excluding carboxylic acids is 1. The second-order valence-electron chi connectivity index (χ2n) is 6.46. The summed E-state index contributed by atoms with van der Waals surface area (Å²) in [6.07, 6.45) is 0.310. The number of piperazine rings is 1. The van der Waals surface area contributed by atoms with Crippen molar-refractivity contribution in [2.75, 3.05) is 52.5 Å². The number of aliphatic hydroxyl groups is 1. The van der Waals surface area contributed by atoms with Gasteiger partial charge < -0.3 is 19.5 Å². The molecule has 0 spiro atoms. The molecule has 0 unspecified atom stereocenters. The molecule has 0 aliphatic carbocycles. The standard InChI is InChI=1S/C18H26N2O4/c21-16(14-24-17-4-2-1-3-5-17)12-19-7-9-20(10-8-19)18(22)15-6-11-23-13-15/h1-5,15-16,21H,6-14H2/t15-,16-/m0/s1. The number of hydrogen-bond donors (Lipinski definition) is 1. The highest BCUT2D eigenvalue weighted by Crippen LogP contribution is 2.17. The molecule has 6 nitrogen and oxygen atoms in total. The molecule has 2 aliphatic rings. The summed E-state index contributed by atoms with van der Waals surface area (Å²) in [5, 5.41) is 10.1. The maximum atomic E-state index is 12.3. The predicted octanol–water partition coefficient (Wildman–Crippen LogP) is 0.607.